The van der Waals surface area contributed by atoms with E-state index in [-0.39, 0.29) is 28.7 Å². The molecular weight excluding hydrogens is 560 g/mol. The third kappa shape index (κ3) is 6.24. The average molecular weight is 588 g/mol. The largest absolute Gasteiger partial charge is 0.462 e. The number of nitrogen functional groups attached to an aromatic ring is 2. The van der Waals surface area contributed by atoms with E-state index < -0.39 is 56.0 Å². The normalized spacial score (nSPS) is 25.5. The molecule has 2 aromatic heterocycles. The number of alkyl halides is 2. The summed E-state index contributed by atoms with van der Waals surface area (Å²) in [6.45, 7) is 4.06. The Morgan fingerprint density at radius 2 is 2.00 bits per heavy atom. The van der Waals surface area contributed by atoms with Crippen LogP contribution in [0.2, 0.25) is 0 Å². The van der Waals surface area contributed by atoms with Crippen molar-refractivity contribution < 1.29 is 37.4 Å². The van der Waals surface area contributed by atoms with Crippen molar-refractivity contribution in [3.63, 3.8) is 0 Å². The predicted octanol–water partition coefficient (Wildman–Crippen LogP) is 2.29. The number of benzene rings is 1. The molecular formula is C22H28ClFN7O7P. The van der Waals surface area contributed by atoms with Crippen LogP contribution in [-0.4, -0.2) is 66.7 Å². The third-order valence-corrected chi connectivity index (χ3v) is 7.59. The van der Waals surface area contributed by atoms with Crippen LogP contribution in [0.1, 0.15) is 27.0 Å². The number of nitrogens with one attached hydrogen (secondary N) is 1. The van der Waals surface area contributed by atoms with Crippen molar-refractivity contribution in [2.24, 2.45) is 0 Å². The number of aliphatic hydroxyl groups is 1. The number of para-hydroxylation sites is 1. The van der Waals surface area contributed by atoms with Gasteiger partial charge in [0.25, 0.3) is 5.13 Å². The summed E-state index contributed by atoms with van der Waals surface area (Å²) in [5.41, 5.74) is 11.6. The number of rotatable bonds is 10. The zero-order valence-electron chi connectivity index (χ0n) is 21.1. The van der Waals surface area contributed by atoms with Gasteiger partial charge in [0.05, 0.1) is 19.0 Å². The van der Waals surface area contributed by atoms with Gasteiger partial charge in [-0.15, -0.1) is 0 Å². The molecule has 4 rings (SSSR count). The molecule has 1 fully saturated rings. The van der Waals surface area contributed by atoms with Crippen molar-refractivity contribution in [3.05, 3.63) is 36.7 Å². The van der Waals surface area contributed by atoms with Crippen LogP contribution in [0.15, 0.2) is 36.7 Å². The highest BCUT2D eigenvalue weighted by molar-refractivity contribution is 7.52. The summed E-state index contributed by atoms with van der Waals surface area (Å²) in [4.78, 5) is 24.2. The molecule has 0 bridgehead atoms. The Bertz CT molecular complexity index is 1380. The minimum atomic E-state index is -4.33. The zero-order chi connectivity index (χ0) is 28.5. The maximum Gasteiger partial charge on any atom is 0.459 e. The number of hydrogen-bond donors (Lipinski definition) is 4. The van der Waals surface area contributed by atoms with Crippen LogP contribution in [0.25, 0.3) is 11.2 Å². The van der Waals surface area contributed by atoms with Gasteiger partial charge in [0.2, 0.25) is 5.95 Å². The number of imidazole rings is 1. The number of ether oxygens (including phenoxy) is 2. The number of fused-ring (bicyclic) bond motifs is 1. The van der Waals surface area contributed by atoms with Crippen molar-refractivity contribution in [3.8, 4) is 5.75 Å². The first-order valence-electron chi connectivity index (χ1n) is 11.7. The maximum atomic E-state index is 15.6. The molecule has 17 heteroatoms. The second-order valence-electron chi connectivity index (χ2n) is 8.97. The predicted molar refractivity (Wildman–Crippen MR) is 138 cm³/mol. The van der Waals surface area contributed by atoms with Gasteiger partial charge in [-0.1, -0.05) is 29.8 Å². The number of aromatic nitrogens is 4. The topological polar surface area (TPSA) is 199 Å². The highest BCUT2D eigenvalue weighted by Gasteiger charge is 2.58. The van der Waals surface area contributed by atoms with Gasteiger partial charge in [0.15, 0.2) is 17.7 Å². The minimum absolute atomic E-state index is 0.0127. The van der Waals surface area contributed by atoms with Gasteiger partial charge < -0.3 is 30.6 Å². The highest BCUT2D eigenvalue weighted by atomic mass is 35.5. The van der Waals surface area contributed by atoms with E-state index in [1.54, 1.807) is 32.0 Å². The molecule has 14 nitrogen and oxygen atoms in total. The first-order valence-corrected chi connectivity index (χ1v) is 13.7. The van der Waals surface area contributed by atoms with Crippen LogP contribution in [0.4, 0.5) is 16.2 Å². The molecule has 1 saturated heterocycles. The minimum Gasteiger partial charge on any atom is -0.462 e. The van der Waals surface area contributed by atoms with Gasteiger partial charge in [-0.05, 0) is 32.9 Å². The Kier molecular flexibility index (Phi) is 8.30. The zero-order valence-corrected chi connectivity index (χ0v) is 22.8. The Hall–Kier alpha value is -3.07. The SMILES string of the molecule is CC(C)OC(=O)[C@H](C)NP(=O)(OC[C@H]1O[C@@H](n2cnc3c(N)nc(N)nc32)[C@@](F)(Cl)[C@@H]1O)Oc1ccccc1. The van der Waals surface area contributed by atoms with Crippen molar-refractivity contribution in [1.82, 2.24) is 24.6 Å². The Morgan fingerprint density at radius 1 is 1.31 bits per heavy atom. The summed E-state index contributed by atoms with van der Waals surface area (Å²) >= 11 is 6.08. The average Bonchev–Trinajstić information content (AvgIpc) is 3.36. The van der Waals surface area contributed by atoms with Crippen LogP contribution in [0, 0.1) is 0 Å². The number of esters is 1. The monoisotopic (exact) mass is 587 g/mol. The molecule has 6 atom stereocenters. The van der Waals surface area contributed by atoms with Crippen LogP contribution < -0.4 is 21.1 Å². The first kappa shape index (κ1) is 28.9. The number of anilines is 2. The molecule has 212 valence electrons. The van der Waals surface area contributed by atoms with Crippen LogP contribution in [0.3, 0.4) is 0 Å². The smallest absolute Gasteiger partial charge is 0.459 e. The number of carbonyl (C=O) groups excluding carboxylic acids is 1. The summed E-state index contributed by atoms with van der Waals surface area (Å²) in [7, 11) is -4.33. The Labute approximate surface area is 227 Å². The molecule has 3 aromatic rings. The van der Waals surface area contributed by atoms with Gasteiger partial charge >= 0.3 is 13.7 Å². The fraction of sp³-hybridized carbons (Fsp3) is 0.455. The number of nitrogens with two attached hydrogens (primary N) is 2. The van der Waals surface area contributed by atoms with E-state index in [0.717, 1.165) is 10.9 Å². The van der Waals surface area contributed by atoms with Gasteiger partial charge in [0, 0.05) is 0 Å². The van der Waals surface area contributed by atoms with Crippen molar-refractivity contribution in [1.29, 1.82) is 0 Å². The summed E-state index contributed by atoms with van der Waals surface area (Å²) in [6, 6.07) is 6.89. The van der Waals surface area contributed by atoms with E-state index in [0.29, 0.717) is 0 Å². The van der Waals surface area contributed by atoms with Crippen molar-refractivity contribution in [2.45, 2.75) is 56.5 Å². The number of halogens is 2. The molecule has 0 amide bonds. The Morgan fingerprint density at radius 3 is 2.67 bits per heavy atom. The molecule has 0 spiro atoms. The van der Waals surface area contributed by atoms with Gasteiger partial charge in [0.1, 0.15) is 29.5 Å². The summed E-state index contributed by atoms with van der Waals surface area (Å²) < 4.78 is 52.3. The fourth-order valence-electron chi connectivity index (χ4n) is 3.74. The lowest BCUT2D eigenvalue weighted by Crippen LogP contribution is -2.40. The lowest BCUT2D eigenvalue weighted by molar-refractivity contribution is -0.149. The molecule has 0 radical (unpaired) electrons. The van der Waals surface area contributed by atoms with E-state index in [9.17, 15) is 14.5 Å². The molecule has 6 N–H and O–H groups in total. The van der Waals surface area contributed by atoms with E-state index in [1.165, 1.54) is 19.1 Å². The maximum absolute atomic E-state index is 15.6. The number of carbonyl (C=O) groups is 1. The van der Waals surface area contributed by atoms with Gasteiger partial charge in [-0.3, -0.25) is 13.9 Å². The lowest BCUT2D eigenvalue weighted by Gasteiger charge is -2.25. The van der Waals surface area contributed by atoms with Crippen molar-refractivity contribution >= 4 is 48.2 Å². The van der Waals surface area contributed by atoms with E-state index >= 15 is 4.39 Å². The van der Waals surface area contributed by atoms with Gasteiger partial charge in [-0.2, -0.15) is 15.1 Å². The quantitative estimate of drug-likeness (QED) is 0.153. The molecule has 0 saturated carbocycles. The molecule has 1 aromatic carbocycles. The molecule has 1 unspecified atom stereocenters. The number of aliphatic hydroxyl groups excluding tert-OH is 1. The van der Waals surface area contributed by atoms with Crippen molar-refractivity contribution in [2.75, 3.05) is 18.1 Å². The molecule has 1 aliphatic heterocycles. The van der Waals surface area contributed by atoms with Crippen LogP contribution in [-0.2, 0) is 23.4 Å². The fourth-order valence-corrected chi connectivity index (χ4v) is 5.54. The molecule has 0 aliphatic carbocycles. The van der Waals surface area contributed by atoms with E-state index in [1.807, 2.05) is 0 Å². The Balaban J connectivity index is 1.55. The number of nitrogens with zero attached hydrogens (tertiary/aromatic N) is 4. The summed E-state index contributed by atoms with van der Waals surface area (Å²) in [6.07, 6.45) is -4.35. The highest BCUT2D eigenvalue weighted by Crippen LogP contribution is 2.49. The van der Waals surface area contributed by atoms with Crippen LogP contribution in [0.5, 0.6) is 5.75 Å². The third-order valence-electron chi connectivity index (χ3n) is 5.53. The summed E-state index contributed by atoms with van der Waals surface area (Å²) in [5, 5.41) is 10.3. The van der Waals surface area contributed by atoms with E-state index in [2.05, 4.69) is 20.0 Å². The van der Waals surface area contributed by atoms with Gasteiger partial charge in [-0.25, -0.2) is 13.9 Å². The number of hydrogen-bond acceptors (Lipinski definition) is 12. The second kappa shape index (κ2) is 11.2. The summed E-state index contributed by atoms with van der Waals surface area (Å²) in [5.74, 6) is -0.808. The second-order valence-corrected chi connectivity index (χ2v) is 11.2. The van der Waals surface area contributed by atoms with Crippen LogP contribution >= 0.6 is 19.3 Å². The molecule has 3 heterocycles. The molecule has 1 aliphatic rings. The lowest BCUT2D eigenvalue weighted by atomic mass is 10.1. The molecule has 39 heavy (non-hydrogen) atoms. The first-order chi connectivity index (χ1) is 18.3. The van der Waals surface area contributed by atoms with E-state index in [4.69, 9.17) is 41.6 Å². The standard InChI is InChI=1S/C22H28ClFN7O7P/c1-11(2)36-19(33)12(3)30-39(34,38-13-7-5-4-6-8-13)35-9-14-16(32)22(23,24)20(37-14)31-10-27-15-17(25)28-21(26)29-18(15)31/h4-8,10-12,14,16,20,32H,9H2,1-3H3,(H,30,34)(H4,25,26,28,29)/t12-,14+,16+,20+,22+,39?/m0/s1.